The minimum atomic E-state index is -0.524. The molecule has 1 aliphatic heterocycles. The first-order valence-electron chi connectivity index (χ1n) is 7.92. The number of benzene rings is 1. The Balaban J connectivity index is 2.19. The van der Waals surface area contributed by atoms with Gasteiger partial charge in [-0.25, -0.2) is 0 Å². The van der Waals surface area contributed by atoms with Crippen molar-refractivity contribution in [2.24, 2.45) is 0 Å². The number of aliphatic hydroxyl groups excluding tert-OH is 1. The molecule has 2 atom stereocenters. The van der Waals surface area contributed by atoms with E-state index in [-0.39, 0.29) is 6.04 Å². The van der Waals surface area contributed by atoms with Gasteiger partial charge in [0.1, 0.15) is 5.75 Å². The first-order valence-corrected chi connectivity index (χ1v) is 7.92. The van der Waals surface area contributed by atoms with Crippen molar-refractivity contribution in [1.82, 2.24) is 9.80 Å². The molecule has 1 aromatic carbocycles. The molecule has 1 N–H and O–H groups in total. The summed E-state index contributed by atoms with van der Waals surface area (Å²) in [5.41, 5.74) is 0.901. The van der Waals surface area contributed by atoms with Gasteiger partial charge < -0.3 is 14.7 Å². The maximum atomic E-state index is 10.9. The summed E-state index contributed by atoms with van der Waals surface area (Å²) < 4.78 is 5.80. The van der Waals surface area contributed by atoms with E-state index < -0.39 is 6.10 Å². The Kier molecular flexibility index (Phi) is 6.03. The van der Waals surface area contributed by atoms with Crippen LogP contribution in [-0.4, -0.2) is 61.3 Å². The highest BCUT2D eigenvalue weighted by Crippen LogP contribution is 2.30. The van der Waals surface area contributed by atoms with Gasteiger partial charge >= 0.3 is 0 Å². The molecular weight excluding hydrogens is 264 g/mol. The van der Waals surface area contributed by atoms with E-state index in [9.17, 15) is 5.11 Å². The highest BCUT2D eigenvalue weighted by Gasteiger charge is 2.29. The van der Waals surface area contributed by atoms with Crippen LogP contribution in [0.25, 0.3) is 0 Å². The van der Waals surface area contributed by atoms with Crippen LogP contribution in [0.15, 0.2) is 24.3 Å². The van der Waals surface area contributed by atoms with Crippen molar-refractivity contribution in [3.05, 3.63) is 29.8 Å². The monoisotopic (exact) mass is 292 g/mol. The third-order valence-electron chi connectivity index (χ3n) is 4.18. The number of aliphatic hydroxyl groups is 1. The molecule has 0 aliphatic carbocycles. The molecule has 2 unspecified atom stereocenters. The molecule has 0 saturated carbocycles. The molecule has 21 heavy (non-hydrogen) atoms. The fourth-order valence-corrected chi connectivity index (χ4v) is 2.92. The van der Waals surface area contributed by atoms with Crippen LogP contribution in [0.1, 0.15) is 31.4 Å². The van der Waals surface area contributed by atoms with Crippen molar-refractivity contribution >= 4 is 0 Å². The molecule has 2 rings (SSSR count). The fraction of sp³-hybridized carbons (Fsp3) is 0.647. The third-order valence-corrected chi connectivity index (χ3v) is 4.18. The largest absolute Gasteiger partial charge is 0.493 e. The van der Waals surface area contributed by atoms with Gasteiger partial charge in [-0.15, -0.1) is 0 Å². The molecule has 0 radical (unpaired) electrons. The number of para-hydroxylation sites is 1. The fourth-order valence-electron chi connectivity index (χ4n) is 2.92. The maximum Gasteiger partial charge on any atom is 0.125 e. The first-order chi connectivity index (χ1) is 10.1. The number of likely N-dealkylation sites (N-methyl/N-ethyl adjacent to an activating group) is 2. The van der Waals surface area contributed by atoms with Crippen molar-refractivity contribution in [3.8, 4) is 5.75 Å². The lowest BCUT2D eigenvalue weighted by Gasteiger charge is -2.32. The molecule has 0 aromatic heterocycles. The van der Waals surface area contributed by atoms with Gasteiger partial charge in [-0.1, -0.05) is 25.1 Å². The van der Waals surface area contributed by atoms with Crippen molar-refractivity contribution in [2.45, 2.75) is 31.9 Å². The zero-order chi connectivity index (χ0) is 15.2. The SMILES string of the molecule is CCCOc1ccccc1C(O)C1CN(C)CCCN1C. The van der Waals surface area contributed by atoms with Crippen molar-refractivity contribution in [1.29, 1.82) is 0 Å². The van der Waals surface area contributed by atoms with Gasteiger partial charge in [0.05, 0.1) is 18.8 Å². The summed E-state index contributed by atoms with van der Waals surface area (Å²) in [7, 11) is 4.22. The van der Waals surface area contributed by atoms with E-state index in [1.807, 2.05) is 24.3 Å². The summed E-state index contributed by atoms with van der Waals surface area (Å²) in [5, 5.41) is 10.9. The van der Waals surface area contributed by atoms with Crippen LogP contribution in [-0.2, 0) is 0 Å². The highest BCUT2D eigenvalue weighted by molar-refractivity contribution is 5.36. The van der Waals surface area contributed by atoms with Crippen LogP contribution in [0.3, 0.4) is 0 Å². The molecule has 1 fully saturated rings. The molecule has 1 saturated heterocycles. The molecule has 1 aliphatic rings. The Hall–Kier alpha value is -1.10. The minimum Gasteiger partial charge on any atom is -0.493 e. The second kappa shape index (κ2) is 7.78. The summed E-state index contributed by atoms with van der Waals surface area (Å²) >= 11 is 0. The lowest BCUT2D eigenvalue weighted by Crippen LogP contribution is -2.42. The van der Waals surface area contributed by atoms with Crippen LogP contribution in [0.4, 0.5) is 0 Å². The van der Waals surface area contributed by atoms with Gasteiger partial charge in [0.25, 0.3) is 0 Å². The van der Waals surface area contributed by atoms with Gasteiger partial charge in [-0.3, -0.25) is 4.90 Å². The van der Waals surface area contributed by atoms with Crippen LogP contribution in [0, 0.1) is 0 Å². The van der Waals surface area contributed by atoms with Crippen LogP contribution in [0.5, 0.6) is 5.75 Å². The Labute approximate surface area is 128 Å². The predicted molar refractivity (Wildman–Crippen MR) is 85.7 cm³/mol. The maximum absolute atomic E-state index is 10.9. The van der Waals surface area contributed by atoms with Crippen LogP contribution in [0.2, 0.25) is 0 Å². The van der Waals surface area contributed by atoms with E-state index in [1.165, 1.54) is 0 Å². The zero-order valence-corrected chi connectivity index (χ0v) is 13.5. The van der Waals surface area contributed by atoms with E-state index in [2.05, 4.69) is 30.8 Å². The van der Waals surface area contributed by atoms with E-state index in [0.717, 1.165) is 43.8 Å². The Morgan fingerprint density at radius 3 is 2.81 bits per heavy atom. The lowest BCUT2D eigenvalue weighted by atomic mass is 10.00. The standard InChI is InChI=1S/C17H28N2O2/c1-4-12-21-16-9-6-5-8-14(16)17(20)15-13-18(2)10-7-11-19(15)3/h5-6,8-9,15,17,20H,4,7,10-13H2,1-3H3. The Bertz CT molecular complexity index is 439. The van der Waals surface area contributed by atoms with E-state index >= 15 is 0 Å². The van der Waals surface area contributed by atoms with Crippen LogP contribution >= 0.6 is 0 Å². The summed E-state index contributed by atoms with van der Waals surface area (Å²) in [6.45, 7) is 5.75. The first kappa shape index (κ1) is 16.3. The number of hydrogen-bond donors (Lipinski definition) is 1. The molecule has 4 heteroatoms. The molecule has 1 heterocycles. The molecule has 0 amide bonds. The van der Waals surface area contributed by atoms with Gasteiger partial charge in [-0.05, 0) is 46.1 Å². The average Bonchev–Trinajstić information content (AvgIpc) is 2.66. The van der Waals surface area contributed by atoms with Gasteiger partial charge in [0.15, 0.2) is 0 Å². The van der Waals surface area contributed by atoms with Crippen molar-refractivity contribution in [2.75, 3.05) is 40.3 Å². The zero-order valence-electron chi connectivity index (χ0n) is 13.5. The molecule has 0 bridgehead atoms. The molecule has 4 nitrogen and oxygen atoms in total. The topological polar surface area (TPSA) is 35.9 Å². The van der Waals surface area contributed by atoms with Crippen molar-refractivity contribution < 1.29 is 9.84 Å². The van der Waals surface area contributed by atoms with Crippen molar-refractivity contribution in [3.63, 3.8) is 0 Å². The number of nitrogens with zero attached hydrogens (tertiary/aromatic N) is 2. The second-order valence-electron chi connectivity index (χ2n) is 5.99. The number of hydrogen-bond acceptors (Lipinski definition) is 4. The molecule has 0 spiro atoms. The quantitative estimate of drug-likeness (QED) is 0.902. The summed E-state index contributed by atoms with van der Waals surface area (Å²) in [6.07, 6.45) is 1.59. The van der Waals surface area contributed by atoms with Gasteiger partial charge in [0.2, 0.25) is 0 Å². The smallest absolute Gasteiger partial charge is 0.125 e. The minimum absolute atomic E-state index is 0.101. The number of ether oxygens (including phenoxy) is 1. The number of rotatable bonds is 5. The normalized spacial score (nSPS) is 22.8. The predicted octanol–water partition coefficient (Wildman–Crippen LogP) is 2.14. The van der Waals surface area contributed by atoms with E-state index in [4.69, 9.17) is 4.74 Å². The summed E-state index contributed by atoms with van der Waals surface area (Å²) in [4.78, 5) is 4.57. The molecule has 118 valence electrons. The third kappa shape index (κ3) is 4.19. The summed E-state index contributed by atoms with van der Waals surface area (Å²) in [5.74, 6) is 0.812. The van der Waals surface area contributed by atoms with Gasteiger partial charge in [-0.2, -0.15) is 0 Å². The lowest BCUT2D eigenvalue weighted by molar-refractivity contribution is 0.0550. The average molecular weight is 292 g/mol. The Morgan fingerprint density at radius 2 is 2.05 bits per heavy atom. The Morgan fingerprint density at radius 1 is 1.29 bits per heavy atom. The van der Waals surface area contributed by atoms with E-state index in [1.54, 1.807) is 0 Å². The molecule has 1 aromatic rings. The van der Waals surface area contributed by atoms with Gasteiger partial charge in [0, 0.05) is 12.1 Å². The second-order valence-corrected chi connectivity index (χ2v) is 5.99. The highest BCUT2D eigenvalue weighted by atomic mass is 16.5. The van der Waals surface area contributed by atoms with Crippen LogP contribution < -0.4 is 4.74 Å². The van der Waals surface area contributed by atoms with E-state index in [0.29, 0.717) is 6.61 Å². The molecular formula is C17H28N2O2. The summed E-state index contributed by atoms with van der Waals surface area (Å²) in [6, 6.07) is 7.97.